The first kappa shape index (κ1) is 14.8. The normalized spacial score (nSPS) is 20.2. The van der Waals surface area contributed by atoms with E-state index in [0.29, 0.717) is 17.7 Å². The van der Waals surface area contributed by atoms with E-state index in [0.717, 1.165) is 42.6 Å². The molecule has 1 aromatic rings. The summed E-state index contributed by atoms with van der Waals surface area (Å²) in [4.78, 5) is 2.49. The number of para-hydroxylation sites is 1. The lowest BCUT2D eigenvalue weighted by atomic mass is 9.90. The predicted octanol–water partition coefficient (Wildman–Crippen LogP) is 3.15. The number of halogens is 1. The smallest absolute Gasteiger partial charge is 0.134 e. The Kier molecular flexibility index (Phi) is 5.25. The first-order valence-corrected chi connectivity index (χ1v) is 7.86. The molecule has 0 bridgehead atoms. The number of nitrogens with zero attached hydrogens (tertiary/aromatic N) is 1. The van der Waals surface area contributed by atoms with Crippen molar-refractivity contribution in [1.29, 1.82) is 0 Å². The summed E-state index contributed by atoms with van der Waals surface area (Å²) >= 11 is 3.43. The van der Waals surface area contributed by atoms with E-state index in [1.807, 2.05) is 12.1 Å². The Morgan fingerprint density at radius 1 is 1.37 bits per heavy atom. The Morgan fingerprint density at radius 3 is 2.68 bits per heavy atom. The number of rotatable bonds is 4. The summed E-state index contributed by atoms with van der Waals surface area (Å²) in [6.07, 6.45) is 1.11. The van der Waals surface area contributed by atoms with Gasteiger partial charge in [-0.1, -0.05) is 32.4 Å². The summed E-state index contributed by atoms with van der Waals surface area (Å²) in [5.74, 6) is 0.921. The van der Waals surface area contributed by atoms with Crippen molar-refractivity contribution in [3.63, 3.8) is 0 Å². The van der Waals surface area contributed by atoms with Crippen LogP contribution in [0.2, 0.25) is 0 Å². The third kappa shape index (κ3) is 3.30. The summed E-state index contributed by atoms with van der Waals surface area (Å²) in [7, 11) is 0. The van der Waals surface area contributed by atoms with Gasteiger partial charge in [-0.3, -0.25) is 4.90 Å². The molecule has 1 saturated heterocycles. The third-order valence-electron chi connectivity index (χ3n) is 4.06. The molecular weight excluding hydrogens is 304 g/mol. The van der Waals surface area contributed by atoms with Gasteiger partial charge in [0.15, 0.2) is 0 Å². The highest BCUT2D eigenvalue weighted by Crippen LogP contribution is 2.39. The molecule has 0 radical (unpaired) electrons. The molecule has 1 unspecified atom stereocenters. The van der Waals surface area contributed by atoms with Crippen molar-refractivity contribution in [2.24, 2.45) is 5.92 Å². The second-order valence-electron chi connectivity index (χ2n) is 5.29. The van der Waals surface area contributed by atoms with Gasteiger partial charge in [0.2, 0.25) is 0 Å². The quantitative estimate of drug-likeness (QED) is 0.892. The number of nitrogens with one attached hydrogen (secondary N) is 1. The fourth-order valence-corrected chi connectivity index (χ4v) is 3.20. The monoisotopic (exact) mass is 326 g/mol. The van der Waals surface area contributed by atoms with Crippen LogP contribution in [0.1, 0.15) is 31.9 Å². The number of aromatic hydroxyl groups is 1. The predicted molar refractivity (Wildman–Crippen MR) is 82.4 cm³/mol. The van der Waals surface area contributed by atoms with Crippen molar-refractivity contribution in [1.82, 2.24) is 10.2 Å². The fraction of sp³-hybridized carbons (Fsp3) is 0.600. The van der Waals surface area contributed by atoms with E-state index in [4.69, 9.17) is 0 Å². The largest absolute Gasteiger partial charge is 0.506 e. The minimum atomic E-state index is 0.296. The molecule has 0 amide bonds. The molecule has 1 aliphatic rings. The maximum absolute atomic E-state index is 10.4. The molecular formula is C15H23BrN2O. The van der Waals surface area contributed by atoms with Gasteiger partial charge in [-0.15, -0.1) is 0 Å². The van der Waals surface area contributed by atoms with Crippen LogP contribution in [0.25, 0.3) is 0 Å². The van der Waals surface area contributed by atoms with Gasteiger partial charge in [-0.2, -0.15) is 0 Å². The van der Waals surface area contributed by atoms with E-state index in [2.05, 4.69) is 46.1 Å². The first-order valence-electron chi connectivity index (χ1n) is 7.07. The van der Waals surface area contributed by atoms with Gasteiger partial charge in [0.25, 0.3) is 0 Å². The Labute approximate surface area is 124 Å². The molecule has 0 saturated carbocycles. The zero-order valence-corrected chi connectivity index (χ0v) is 13.3. The number of phenols is 1. The second kappa shape index (κ2) is 6.73. The number of piperazine rings is 1. The third-order valence-corrected chi connectivity index (χ3v) is 4.70. The summed E-state index contributed by atoms with van der Waals surface area (Å²) < 4.78 is 0.786. The molecule has 3 nitrogen and oxygen atoms in total. The van der Waals surface area contributed by atoms with Crippen LogP contribution in [0.4, 0.5) is 0 Å². The molecule has 2 rings (SSSR count). The van der Waals surface area contributed by atoms with E-state index in [9.17, 15) is 5.11 Å². The zero-order chi connectivity index (χ0) is 13.8. The Hall–Kier alpha value is -0.580. The number of hydrogen-bond acceptors (Lipinski definition) is 3. The van der Waals surface area contributed by atoms with Crippen LogP contribution in [-0.2, 0) is 0 Å². The summed E-state index contributed by atoms with van der Waals surface area (Å²) in [5, 5.41) is 13.7. The average Bonchev–Trinajstić information content (AvgIpc) is 2.44. The van der Waals surface area contributed by atoms with Gasteiger partial charge >= 0.3 is 0 Å². The lowest BCUT2D eigenvalue weighted by molar-refractivity contribution is 0.126. The Bertz CT molecular complexity index is 419. The van der Waals surface area contributed by atoms with Crippen LogP contribution in [0, 0.1) is 5.92 Å². The van der Waals surface area contributed by atoms with E-state index in [1.54, 1.807) is 0 Å². The van der Waals surface area contributed by atoms with E-state index < -0.39 is 0 Å². The standard InChI is InChI=1S/C15H23BrN2O/c1-3-11(2)14(18-9-7-17-8-10-18)12-5-4-6-13(16)15(12)19/h4-6,11,14,17,19H,3,7-10H2,1-2H3/t11?,14-/m1/s1. The number of phenolic OH excluding ortho intramolecular Hbond substituents is 1. The molecule has 106 valence electrons. The van der Waals surface area contributed by atoms with Crippen LogP contribution in [0.3, 0.4) is 0 Å². The summed E-state index contributed by atoms with van der Waals surface area (Å²) in [6, 6.07) is 6.25. The highest BCUT2D eigenvalue weighted by Gasteiger charge is 2.28. The van der Waals surface area contributed by atoms with Crippen molar-refractivity contribution < 1.29 is 5.11 Å². The molecule has 0 spiro atoms. The fourth-order valence-electron chi connectivity index (χ4n) is 2.82. The van der Waals surface area contributed by atoms with Gasteiger partial charge in [-0.25, -0.2) is 0 Å². The van der Waals surface area contributed by atoms with Crippen molar-refractivity contribution in [3.8, 4) is 5.75 Å². The Balaban J connectivity index is 2.33. The van der Waals surface area contributed by atoms with Crippen LogP contribution < -0.4 is 5.32 Å². The average molecular weight is 327 g/mol. The maximum atomic E-state index is 10.4. The maximum Gasteiger partial charge on any atom is 0.134 e. The molecule has 1 fully saturated rings. The molecule has 4 heteroatoms. The number of benzene rings is 1. The molecule has 1 aromatic carbocycles. The zero-order valence-electron chi connectivity index (χ0n) is 11.7. The van der Waals surface area contributed by atoms with Crippen molar-refractivity contribution in [2.45, 2.75) is 26.3 Å². The lowest BCUT2D eigenvalue weighted by Crippen LogP contribution is -2.46. The minimum absolute atomic E-state index is 0.296. The number of hydrogen-bond donors (Lipinski definition) is 2. The SMILES string of the molecule is CCC(C)[C@H](c1cccc(Br)c1O)N1CCNCC1. The molecule has 1 aliphatic heterocycles. The highest BCUT2D eigenvalue weighted by molar-refractivity contribution is 9.10. The van der Waals surface area contributed by atoms with Gasteiger partial charge < -0.3 is 10.4 Å². The summed E-state index contributed by atoms with van der Waals surface area (Å²) in [5.41, 5.74) is 1.05. The van der Waals surface area contributed by atoms with E-state index in [1.165, 1.54) is 0 Å². The van der Waals surface area contributed by atoms with Crippen LogP contribution in [-0.4, -0.2) is 36.2 Å². The molecule has 2 atom stereocenters. The van der Waals surface area contributed by atoms with Crippen molar-refractivity contribution >= 4 is 15.9 Å². The highest BCUT2D eigenvalue weighted by atomic mass is 79.9. The van der Waals surface area contributed by atoms with Crippen LogP contribution >= 0.6 is 15.9 Å². The molecule has 0 aromatic heterocycles. The lowest BCUT2D eigenvalue weighted by Gasteiger charge is -2.38. The van der Waals surface area contributed by atoms with E-state index in [-0.39, 0.29) is 0 Å². The van der Waals surface area contributed by atoms with Crippen LogP contribution in [0.15, 0.2) is 22.7 Å². The topological polar surface area (TPSA) is 35.5 Å². The minimum Gasteiger partial charge on any atom is -0.506 e. The van der Waals surface area contributed by atoms with E-state index >= 15 is 0 Å². The van der Waals surface area contributed by atoms with Crippen molar-refractivity contribution in [2.75, 3.05) is 26.2 Å². The van der Waals surface area contributed by atoms with Crippen molar-refractivity contribution in [3.05, 3.63) is 28.2 Å². The summed E-state index contributed by atoms with van der Waals surface area (Å²) in [6.45, 7) is 8.63. The molecule has 2 N–H and O–H groups in total. The molecule has 0 aliphatic carbocycles. The van der Waals surface area contributed by atoms with Gasteiger partial charge in [-0.05, 0) is 27.9 Å². The molecule has 1 heterocycles. The van der Waals surface area contributed by atoms with Crippen LogP contribution in [0.5, 0.6) is 5.75 Å². The van der Waals surface area contributed by atoms with Gasteiger partial charge in [0.1, 0.15) is 5.75 Å². The van der Waals surface area contributed by atoms with Gasteiger partial charge in [0, 0.05) is 37.8 Å². The Morgan fingerprint density at radius 2 is 2.05 bits per heavy atom. The second-order valence-corrected chi connectivity index (χ2v) is 6.15. The van der Waals surface area contributed by atoms with Gasteiger partial charge in [0.05, 0.1) is 4.47 Å². The first-order chi connectivity index (χ1) is 9.15. The molecule has 19 heavy (non-hydrogen) atoms.